The molecule has 3 aliphatic carbocycles. The first kappa shape index (κ1) is 28.4. The van der Waals surface area contributed by atoms with Crippen molar-refractivity contribution in [1.29, 1.82) is 0 Å². The molecular weight excluding hydrogens is 518 g/mol. The fraction of sp³-hybridized carbons (Fsp3) is 0.621. The number of primary amides is 1. The number of ether oxygens (including phenoxy) is 1. The molecule has 1 aromatic carbocycles. The number of fused-ring (bicyclic) bond motifs is 4. The number of hydrogen-bond donors (Lipinski definition) is 3. The van der Waals surface area contributed by atoms with E-state index in [1.54, 1.807) is 14.1 Å². The summed E-state index contributed by atoms with van der Waals surface area (Å²) >= 11 is 0. The first-order valence-electron chi connectivity index (χ1n) is 13.7. The number of nitrogens with zero attached hydrogens (tertiary/aromatic N) is 2. The summed E-state index contributed by atoms with van der Waals surface area (Å²) in [5, 5.41) is 23.2. The Hall–Kier alpha value is -3.15. The number of rotatable bonds is 5. The summed E-state index contributed by atoms with van der Waals surface area (Å²) in [6.45, 7) is 7.18. The predicted molar refractivity (Wildman–Crippen MR) is 142 cm³/mol. The van der Waals surface area contributed by atoms with Crippen LogP contribution in [0.4, 0.5) is 0 Å². The largest absolute Gasteiger partial charge is 0.507 e. The Morgan fingerprint density at radius 2 is 1.75 bits per heavy atom. The molecule has 216 valence electrons. The van der Waals surface area contributed by atoms with Crippen LogP contribution in [0, 0.1) is 23.7 Å². The van der Waals surface area contributed by atoms with Crippen LogP contribution in [-0.4, -0.2) is 87.4 Å². The van der Waals surface area contributed by atoms with Crippen molar-refractivity contribution in [2.75, 3.05) is 21.2 Å². The summed E-state index contributed by atoms with van der Waals surface area (Å²) in [6.07, 6.45) is 1.03. The Labute approximate surface area is 232 Å². The number of phenolic OH excluding ortho intramolecular Hbond substituents is 1. The van der Waals surface area contributed by atoms with E-state index in [2.05, 4.69) is 25.7 Å². The van der Waals surface area contributed by atoms with Crippen molar-refractivity contribution in [3.8, 4) is 11.5 Å². The lowest BCUT2D eigenvalue weighted by molar-refractivity contribution is -0.181. The second-order valence-corrected chi connectivity index (χ2v) is 12.5. The molecule has 0 bridgehead atoms. The van der Waals surface area contributed by atoms with E-state index >= 15 is 0 Å². The van der Waals surface area contributed by atoms with Crippen molar-refractivity contribution in [2.24, 2.45) is 29.4 Å². The van der Waals surface area contributed by atoms with Gasteiger partial charge in [-0.25, -0.2) is 0 Å². The highest BCUT2D eigenvalue weighted by atomic mass is 16.5. The standard InChI is InChI=1S/C29H37N3O8/c1-7-28(2,3)32-10-14-15(11-32)24(40-6)13-8-12-9-16-20(31(4)5)23(35)19(27(30)38)26(37)29(16,39)25(36)17(12)22(34)18(13)21(14)33/h12,16-17,19-20,33,39H,7-11H2,1-6H3,(H2,30,38)/t12-,16-,17?,19?,20-,29-/m0/s1. The smallest absolute Gasteiger partial charge is 0.235 e. The van der Waals surface area contributed by atoms with Crippen molar-refractivity contribution in [3.05, 3.63) is 22.3 Å². The molecule has 11 nitrogen and oxygen atoms in total. The minimum Gasteiger partial charge on any atom is -0.507 e. The summed E-state index contributed by atoms with van der Waals surface area (Å²) in [4.78, 5) is 70.5. The third-order valence-corrected chi connectivity index (χ3v) is 10.0. The number of aliphatic hydroxyl groups is 1. The second-order valence-electron chi connectivity index (χ2n) is 12.5. The number of benzene rings is 1. The number of likely N-dealkylation sites (N-methyl/N-ethyl adjacent to an activating group) is 1. The van der Waals surface area contributed by atoms with E-state index in [0.717, 1.165) is 12.0 Å². The van der Waals surface area contributed by atoms with Gasteiger partial charge in [-0.2, -0.15) is 0 Å². The van der Waals surface area contributed by atoms with E-state index in [4.69, 9.17) is 10.5 Å². The molecule has 0 saturated heterocycles. The Balaban J connectivity index is 1.64. The molecule has 2 saturated carbocycles. The average Bonchev–Trinajstić information content (AvgIpc) is 3.33. The molecule has 0 radical (unpaired) electrons. The third-order valence-electron chi connectivity index (χ3n) is 10.0. The van der Waals surface area contributed by atoms with Gasteiger partial charge in [0.1, 0.15) is 11.5 Å². The van der Waals surface area contributed by atoms with Gasteiger partial charge < -0.3 is 20.7 Å². The highest BCUT2D eigenvalue weighted by Gasteiger charge is 2.69. The van der Waals surface area contributed by atoms with Crippen LogP contribution < -0.4 is 10.5 Å². The lowest BCUT2D eigenvalue weighted by Gasteiger charge is -2.52. The molecule has 0 spiro atoms. The van der Waals surface area contributed by atoms with E-state index in [1.807, 2.05) is 0 Å². The molecule has 11 heteroatoms. The topological polar surface area (TPSA) is 168 Å². The van der Waals surface area contributed by atoms with Gasteiger partial charge in [0.2, 0.25) is 5.91 Å². The Kier molecular flexibility index (Phi) is 6.52. The fourth-order valence-corrected chi connectivity index (χ4v) is 7.49. The summed E-state index contributed by atoms with van der Waals surface area (Å²) in [7, 11) is 4.62. The van der Waals surface area contributed by atoms with Gasteiger partial charge in [-0.15, -0.1) is 0 Å². The van der Waals surface area contributed by atoms with E-state index < -0.39 is 64.4 Å². The molecule has 1 aromatic rings. The monoisotopic (exact) mass is 555 g/mol. The molecule has 1 aliphatic heterocycles. The Morgan fingerprint density at radius 3 is 2.30 bits per heavy atom. The van der Waals surface area contributed by atoms with Crippen molar-refractivity contribution < 1.29 is 38.9 Å². The van der Waals surface area contributed by atoms with Crippen LogP contribution in [0.25, 0.3) is 0 Å². The SMILES string of the molecule is CCC(C)(C)N1Cc2c(O)c3c(c(OC)c2C1)C[C@H]1C[C@H]2[C@H](N(C)C)C(=O)C(C(N)=O)C(=O)[C@@]2(O)C(=O)C1C3=O. The molecule has 4 aliphatic rings. The number of amides is 1. The van der Waals surface area contributed by atoms with Crippen molar-refractivity contribution in [2.45, 2.75) is 70.3 Å². The van der Waals surface area contributed by atoms with Crippen molar-refractivity contribution >= 4 is 29.0 Å². The number of hydrogen-bond acceptors (Lipinski definition) is 10. The third kappa shape index (κ3) is 3.56. The van der Waals surface area contributed by atoms with E-state index in [0.29, 0.717) is 30.0 Å². The first-order valence-corrected chi connectivity index (χ1v) is 13.7. The van der Waals surface area contributed by atoms with Gasteiger partial charge in [0.15, 0.2) is 34.7 Å². The number of Topliss-reactive ketones (excluding diaryl/α,β-unsaturated/α-hetero) is 4. The molecule has 1 heterocycles. The Morgan fingerprint density at radius 1 is 1.12 bits per heavy atom. The zero-order valence-corrected chi connectivity index (χ0v) is 23.7. The van der Waals surface area contributed by atoms with Crippen LogP contribution in [-0.2, 0) is 38.7 Å². The highest BCUT2D eigenvalue weighted by molar-refractivity contribution is 6.32. The predicted octanol–water partition coefficient (Wildman–Crippen LogP) is 0.380. The number of methoxy groups -OCH3 is 1. The molecule has 0 aromatic heterocycles. The molecule has 2 unspecified atom stereocenters. The zero-order valence-electron chi connectivity index (χ0n) is 23.7. The van der Waals surface area contributed by atoms with Gasteiger partial charge >= 0.3 is 0 Å². The quantitative estimate of drug-likeness (QED) is 0.432. The van der Waals surface area contributed by atoms with Gasteiger partial charge in [0, 0.05) is 41.2 Å². The molecular formula is C29H37N3O8. The molecule has 1 amide bonds. The van der Waals surface area contributed by atoms with Gasteiger partial charge in [0.25, 0.3) is 0 Å². The zero-order chi connectivity index (χ0) is 29.6. The summed E-state index contributed by atoms with van der Waals surface area (Å²) in [5.74, 6) is -10.0. The maximum absolute atomic E-state index is 14.1. The second kappa shape index (κ2) is 9.19. The normalized spacial score (nSPS) is 32.0. The van der Waals surface area contributed by atoms with Crippen LogP contribution >= 0.6 is 0 Å². The van der Waals surface area contributed by atoms with E-state index in [9.17, 15) is 34.2 Å². The van der Waals surface area contributed by atoms with Crippen LogP contribution in [0.15, 0.2) is 0 Å². The summed E-state index contributed by atoms with van der Waals surface area (Å²) in [6, 6.07) is -1.14. The van der Waals surface area contributed by atoms with Crippen LogP contribution in [0.2, 0.25) is 0 Å². The molecule has 6 atom stereocenters. The molecule has 40 heavy (non-hydrogen) atoms. The van der Waals surface area contributed by atoms with Crippen molar-refractivity contribution in [3.63, 3.8) is 0 Å². The summed E-state index contributed by atoms with van der Waals surface area (Å²) in [5.41, 5.74) is 4.26. The average molecular weight is 556 g/mol. The maximum atomic E-state index is 14.1. The lowest BCUT2D eigenvalue weighted by atomic mass is 9.52. The van der Waals surface area contributed by atoms with Gasteiger partial charge in [-0.1, -0.05) is 6.92 Å². The number of phenols is 1. The fourth-order valence-electron chi connectivity index (χ4n) is 7.49. The first-order chi connectivity index (χ1) is 18.6. The van der Waals surface area contributed by atoms with Gasteiger partial charge in [-0.3, -0.25) is 33.8 Å². The molecule has 4 N–H and O–H groups in total. The molecule has 5 rings (SSSR count). The highest BCUT2D eigenvalue weighted by Crippen LogP contribution is 2.54. The maximum Gasteiger partial charge on any atom is 0.235 e. The van der Waals surface area contributed by atoms with E-state index in [1.165, 1.54) is 12.0 Å². The van der Waals surface area contributed by atoms with Crippen LogP contribution in [0.3, 0.4) is 0 Å². The minimum absolute atomic E-state index is 0.000112. The van der Waals surface area contributed by atoms with Crippen molar-refractivity contribution in [1.82, 2.24) is 9.80 Å². The number of carbonyl (C=O) groups excluding carboxylic acids is 5. The molecule has 2 fully saturated rings. The number of carbonyl (C=O) groups is 5. The minimum atomic E-state index is -2.74. The lowest BCUT2D eigenvalue weighted by Crippen LogP contribution is -2.74. The van der Waals surface area contributed by atoms with Crippen LogP contribution in [0.5, 0.6) is 11.5 Å². The Bertz CT molecular complexity index is 1370. The van der Waals surface area contributed by atoms with Gasteiger partial charge in [-0.05, 0) is 53.1 Å². The van der Waals surface area contributed by atoms with Crippen LogP contribution in [0.1, 0.15) is 60.7 Å². The van der Waals surface area contributed by atoms with Gasteiger partial charge in [0.05, 0.1) is 24.6 Å². The number of aromatic hydroxyl groups is 1. The van der Waals surface area contributed by atoms with E-state index in [-0.39, 0.29) is 29.7 Å². The summed E-state index contributed by atoms with van der Waals surface area (Å²) < 4.78 is 5.83. The number of ketones is 4. The number of nitrogens with two attached hydrogens (primary N) is 1.